The summed E-state index contributed by atoms with van der Waals surface area (Å²) in [6.07, 6.45) is 0. The minimum absolute atomic E-state index is 0.848. The molecule has 0 N–H and O–H groups in total. The topological polar surface area (TPSA) is 15.7 Å². The van der Waals surface area contributed by atoms with Gasteiger partial charge in [0.2, 0.25) is 0 Å². The molecule has 1 heterocycles. The van der Waals surface area contributed by atoms with Crippen molar-refractivity contribution in [1.29, 1.82) is 0 Å². The van der Waals surface area contributed by atoms with E-state index >= 15 is 0 Å². The van der Waals surface area contributed by atoms with Gasteiger partial charge in [-0.2, -0.15) is 0 Å². The van der Waals surface area contributed by atoms with Gasteiger partial charge >= 0.3 is 0 Å². The average Bonchev–Trinajstić information content (AvgIpc) is 3.28. The summed E-state index contributed by atoms with van der Waals surface area (Å²) in [7, 11) is 0. The molecule has 0 unspecified atom stereocenters. The standard InChI is InChI=1S/C54H36N2O/c1-3-16-42(17-4-1)55(45-28-22-37-12-7-9-14-40(37)34-45)44-26-24-39(25-27-44)48-32-33-51-49-31-30-47(36-53(49)57-52-21-11-20-50(48)54(51)52)56(43-18-5-2-6-19-43)46-29-23-38-13-8-10-15-41(38)35-46/h1-36H. The van der Waals surface area contributed by atoms with Crippen molar-refractivity contribution < 1.29 is 4.74 Å². The molecular formula is C54H36N2O. The minimum atomic E-state index is 0.848. The molecule has 0 amide bonds. The predicted molar refractivity (Wildman–Crippen MR) is 239 cm³/mol. The molecule has 1 aliphatic rings. The lowest BCUT2D eigenvalue weighted by atomic mass is 9.89. The number of para-hydroxylation sites is 2. The fourth-order valence-electron chi connectivity index (χ4n) is 8.48. The summed E-state index contributed by atoms with van der Waals surface area (Å²) in [6.45, 7) is 0. The first-order chi connectivity index (χ1) is 28.2. The van der Waals surface area contributed by atoms with Crippen molar-refractivity contribution in [3.8, 4) is 33.8 Å². The van der Waals surface area contributed by atoms with Crippen LogP contribution in [0.4, 0.5) is 34.1 Å². The van der Waals surface area contributed by atoms with Gasteiger partial charge in [0, 0.05) is 51.1 Å². The predicted octanol–water partition coefficient (Wildman–Crippen LogP) is 15.5. The minimum Gasteiger partial charge on any atom is -0.456 e. The van der Waals surface area contributed by atoms with Crippen LogP contribution in [-0.4, -0.2) is 0 Å². The third-order valence-electron chi connectivity index (χ3n) is 11.2. The zero-order valence-corrected chi connectivity index (χ0v) is 31.1. The van der Waals surface area contributed by atoms with Gasteiger partial charge in [0.1, 0.15) is 11.5 Å². The van der Waals surface area contributed by atoms with Gasteiger partial charge in [0.15, 0.2) is 0 Å². The lowest BCUT2D eigenvalue weighted by Crippen LogP contribution is -2.10. The third kappa shape index (κ3) is 5.76. The summed E-state index contributed by atoms with van der Waals surface area (Å²) in [5, 5.41) is 7.18. The molecule has 10 aromatic rings. The van der Waals surface area contributed by atoms with E-state index in [1.165, 1.54) is 38.1 Å². The molecule has 268 valence electrons. The zero-order chi connectivity index (χ0) is 37.7. The summed E-state index contributed by atoms with van der Waals surface area (Å²) in [5.41, 5.74) is 11.2. The van der Waals surface area contributed by atoms with Gasteiger partial charge < -0.3 is 14.5 Å². The van der Waals surface area contributed by atoms with E-state index in [4.69, 9.17) is 4.74 Å². The monoisotopic (exact) mass is 728 g/mol. The molecule has 0 aliphatic carbocycles. The van der Waals surface area contributed by atoms with Crippen LogP contribution in [0.3, 0.4) is 0 Å². The van der Waals surface area contributed by atoms with Gasteiger partial charge in [-0.25, -0.2) is 0 Å². The largest absolute Gasteiger partial charge is 0.456 e. The number of rotatable bonds is 7. The molecule has 1 aliphatic heterocycles. The fourth-order valence-corrected chi connectivity index (χ4v) is 8.48. The van der Waals surface area contributed by atoms with E-state index in [1.54, 1.807) is 0 Å². The van der Waals surface area contributed by atoms with Crippen LogP contribution >= 0.6 is 0 Å². The number of hydrogen-bond acceptors (Lipinski definition) is 3. The highest BCUT2D eigenvalue weighted by Crippen LogP contribution is 2.51. The highest BCUT2D eigenvalue weighted by molar-refractivity contribution is 6.10. The van der Waals surface area contributed by atoms with Gasteiger partial charge in [-0.15, -0.1) is 0 Å². The van der Waals surface area contributed by atoms with Gasteiger partial charge in [0.05, 0.1) is 0 Å². The Kier molecular flexibility index (Phi) is 7.82. The van der Waals surface area contributed by atoms with Crippen molar-refractivity contribution in [3.63, 3.8) is 0 Å². The van der Waals surface area contributed by atoms with Gasteiger partial charge in [-0.05, 0) is 122 Å². The van der Waals surface area contributed by atoms with Crippen molar-refractivity contribution in [1.82, 2.24) is 0 Å². The van der Waals surface area contributed by atoms with Gasteiger partial charge in [-0.1, -0.05) is 133 Å². The van der Waals surface area contributed by atoms with Crippen LogP contribution in [0.5, 0.6) is 11.5 Å². The van der Waals surface area contributed by atoms with E-state index in [0.717, 1.165) is 62.1 Å². The lowest BCUT2D eigenvalue weighted by Gasteiger charge is -2.28. The van der Waals surface area contributed by atoms with Crippen LogP contribution in [0.2, 0.25) is 0 Å². The average molecular weight is 729 g/mol. The Bertz CT molecular complexity index is 3100. The maximum absolute atomic E-state index is 6.82. The number of nitrogens with zero attached hydrogens (tertiary/aromatic N) is 2. The first-order valence-corrected chi connectivity index (χ1v) is 19.4. The van der Waals surface area contributed by atoms with E-state index < -0.39 is 0 Å². The number of ether oxygens (including phenoxy) is 1. The van der Waals surface area contributed by atoms with Gasteiger partial charge in [0.25, 0.3) is 0 Å². The van der Waals surface area contributed by atoms with Crippen molar-refractivity contribution in [3.05, 3.63) is 218 Å². The van der Waals surface area contributed by atoms with Crippen LogP contribution in [0.1, 0.15) is 0 Å². The zero-order valence-electron chi connectivity index (χ0n) is 31.1. The Labute approximate surface area is 331 Å². The van der Waals surface area contributed by atoms with Crippen molar-refractivity contribution in [2.75, 3.05) is 9.80 Å². The quantitative estimate of drug-likeness (QED) is 0.162. The molecule has 0 aromatic heterocycles. The first-order valence-electron chi connectivity index (χ1n) is 19.4. The normalized spacial score (nSPS) is 11.6. The molecule has 3 nitrogen and oxygen atoms in total. The second-order valence-corrected chi connectivity index (χ2v) is 14.6. The van der Waals surface area contributed by atoms with E-state index in [2.05, 4.69) is 228 Å². The Morgan fingerprint density at radius 2 is 0.754 bits per heavy atom. The molecular weight excluding hydrogens is 693 g/mol. The molecule has 0 bridgehead atoms. The Hall–Kier alpha value is -7.62. The second kappa shape index (κ2) is 13.6. The second-order valence-electron chi connectivity index (χ2n) is 14.6. The van der Waals surface area contributed by atoms with Crippen LogP contribution < -0.4 is 14.5 Å². The molecule has 11 rings (SSSR count). The van der Waals surface area contributed by atoms with Crippen molar-refractivity contribution >= 4 is 66.4 Å². The van der Waals surface area contributed by atoms with E-state index in [1.807, 2.05) is 0 Å². The highest BCUT2D eigenvalue weighted by Gasteiger charge is 2.24. The number of benzene rings is 10. The van der Waals surface area contributed by atoms with Crippen LogP contribution in [0.15, 0.2) is 218 Å². The molecule has 57 heavy (non-hydrogen) atoms. The SMILES string of the molecule is c1ccc(N(c2ccc(-c3ccc4c5c(cccc35)Oc3cc(N(c5ccccc5)c5ccc6ccccc6c5)ccc3-4)cc2)c2ccc3ccccc3c2)cc1. The van der Waals surface area contributed by atoms with E-state index in [0.29, 0.717) is 0 Å². The maximum atomic E-state index is 6.82. The first kappa shape index (κ1) is 32.8. The van der Waals surface area contributed by atoms with Crippen LogP contribution in [0, 0.1) is 0 Å². The summed E-state index contributed by atoms with van der Waals surface area (Å²) in [4.78, 5) is 4.63. The molecule has 0 spiro atoms. The number of fused-ring (bicyclic) bond motifs is 4. The number of anilines is 6. The van der Waals surface area contributed by atoms with Gasteiger partial charge in [-0.3, -0.25) is 0 Å². The lowest BCUT2D eigenvalue weighted by molar-refractivity contribution is 0.487. The summed E-state index contributed by atoms with van der Waals surface area (Å²) in [6, 6.07) is 78.0. The Morgan fingerprint density at radius 3 is 1.39 bits per heavy atom. The van der Waals surface area contributed by atoms with E-state index in [9.17, 15) is 0 Å². The Morgan fingerprint density at radius 1 is 0.281 bits per heavy atom. The maximum Gasteiger partial charge on any atom is 0.137 e. The van der Waals surface area contributed by atoms with E-state index in [-0.39, 0.29) is 0 Å². The summed E-state index contributed by atoms with van der Waals surface area (Å²) >= 11 is 0. The molecule has 10 aromatic carbocycles. The van der Waals surface area contributed by atoms with Crippen LogP contribution in [0.25, 0.3) is 54.6 Å². The Balaban J connectivity index is 0.970. The molecule has 0 atom stereocenters. The van der Waals surface area contributed by atoms with Crippen molar-refractivity contribution in [2.45, 2.75) is 0 Å². The van der Waals surface area contributed by atoms with Crippen molar-refractivity contribution in [2.24, 2.45) is 0 Å². The van der Waals surface area contributed by atoms with Crippen LogP contribution in [-0.2, 0) is 0 Å². The summed E-state index contributed by atoms with van der Waals surface area (Å²) < 4.78 is 6.82. The third-order valence-corrected chi connectivity index (χ3v) is 11.2. The number of hydrogen-bond donors (Lipinski definition) is 0. The molecule has 0 saturated carbocycles. The molecule has 0 fully saturated rings. The molecule has 3 heteroatoms. The molecule has 0 radical (unpaired) electrons. The highest BCUT2D eigenvalue weighted by atomic mass is 16.5. The fraction of sp³-hybridized carbons (Fsp3) is 0. The smallest absolute Gasteiger partial charge is 0.137 e. The molecule has 0 saturated heterocycles. The summed E-state index contributed by atoms with van der Waals surface area (Å²) in [5.74, 6) is 1.72.